The molecule has 5 aromatic rings. The molecule has 4 aromatic carbocycles. The summed E-state index contributed by atoms with van der Waals surface area (Å²) in [5.41, 5.74) is 2.26. The SMILES string of the molecule is O=C(O)c1ccc(CC(/C=C/c2cc(F)ccc2OCc2ccccc2C(F)(F)F)CCc2ccc(-c3noc(=O)[nH]3)cc2)cc1. The van der Waals surface area contributed by atoms with E-state index in [-0.39, 0.29) is 29.4 Å². The van der Waals surface area contributed by atoms with Gasteiger partial charge in [-0.25, -0.2) is 14.0 Å². The molecule has 46 heavy (non-hydrogen) atoms. The quantitative estimate of drug-likeness (QED) is 0.135. The molecule has 1 heterocycles. The second-order valence-electron chi connectivity index (χ2n) is 10.6. The zero-order valence-corrected chi connectivity index (χ0v) is 24.3. The van der Waals surface area contributed by atoms with Gasteiger partial charge < -0.3 is 9.84 Å². The van der Waals surface area contributed by atoms with Crippen LogP contribution in [-0.4, -0.2) is 21.2 Å². The molecule has 0 saturated carbocycles. The van der Waals surface area contributed by atoms with Crippen LogP contribution in [0.15, 0.2) is 106 Å². The Labute approximate surface area is 260 Å². The van der Waals surface area contributed by atoms with Crippen molar-refractivity contribution in [1.29, 1.82) is 0 Å². The number of aromatic carboxylic acids is 1. The van der Waals surface area contributed by atoms with E-state index >= 15 is 0 Å². The van der Waals surface area contributed by atoms with E-state index in [1.165, 1.54) is 48.5 Å². The number of ether oxygens (including phenoxy) is 1. The van der Waals surface area contributed by atoms with Crippen molar-refractivity contribution < 1.29 is 36.7 Å². The van der Waals surface area contributed by atoms with E-state index in [0.717, 1.165) is 17.2 Å². The van der Waals surface area contributed by atoms with Crippen molar-refractivity contribution in [2.75, 3.05) is 0 Å². The first kappa shape index (κ1) is 32.0. The summed E-state index contributed by atoms with van der Waals surface area (Å²) >= 11 is 0. The summed E-state index contributed by atoms with van der Waals surface area (Å²) in [6, 6.07) is 22.9. The number of benzene rings is 4. The number of allylic oxidation sites excluding steroid dienone is 1. The lowest BCUT2D eigenvalue weighted by Gasteiger charge is -2.16. The maximum atomic E-state index is 14.3. The Hall–Kier alpha value is -5.45. The number of carboxylic acid groups (broad SMARTS) is 1. The summed E-state index contributed by atoms with van der Waals surface area (Å²) in [4.78, 5) is 25.1. The van der Waals surface area contributed by atoms with Crippen LogP contribution in [0.4, 0.5) is 17.6 Å². The van der Waals surface area contributed by atoms with Gasteiger partial charge >= 0.3 is 17.9 Å². The highest BCUT2D eigenvalue weighted by Gasteiger charge is 2.33. The molecule has 0 aliphatic heterocycles. The molecule has 11 heteroatoms. The molecule has 0 aliphatic rings. The van der Waals surface area contributed by atoms with Gasteiger partial charge in [-0.3, -0.25) is 9.51 Å². The normalized spacial score (nSPS) is 12.3. The first-order valence-electron chi connectivity index (χ1n) is 14.3. The first-order valence-corrected chi connectivity index (χ1v) is 14.3. The van der Waals surface area contributed by atoms with Crippen LogP contribution < -0.4 is 10.5 Å². The molecule has 0 fully saturated rings. The largest absolute Gasteiger partial charge is 0.488 e. The van der Waals surface area contributed by atoms with Crippen LogP contribution >= 0.6 is 0 Å². The predicted molar refractivity (Wildman–Crippen MR) is 163 cm³/mol. The van der Waals surface area contributed by atoms with Crippen LogP contribution in [0.25, 0.3) is 17.5 Å². The zero-order chi connectivity index (χ0) is 32.7. The maximum Gasteiger partial charge on any atom is 0.439 e. The molecule has 1 aromatic heterocycles. The number of rotatable bonds is 12. The number of aromatic nitrogens is 2. The van der Waals surface area contributed by atoms with E-state index in [2.05, 4.69) is 14.7 Å². The van der Waals surface area contributed by atoms with E-state index in [0.29, 0.717) is 36.2 Å². The molecule has 5 rings (SSSR count). The van der Waals surface area contributed by atoms with Gasteiger partial charge in [0.05, 0.1) is 11.1 Å². The Kier molecular flexibility index (Phi) is 9.80. The van der Waals surface area contributed by atoms with Crippen molar-refractivity contribution in [3.63, 3.8) is 0 Å². The summed E-state index contributed by atoms with van der Waals surface area (Å²) in [5.74, 6) is -1.76. The lowest BCUT2D eigenvalue weighted by atomic mass is 9.91. The van der Waals surface area contributed by atoms with Crippen molar-refractivity contribution in [1.82, 2.24) is 10.1 Å². The van der Waals surface area contributed by atoms with Crippen LogP contribution in [0, 0.1) is 11.7 Å². The lowest BCUT2D eigenvalue weighted by molar-refractivity contribution is -0.138. The standard InChI is InChI=1S/C35H28F4N2O5/c36-29-17-18-31(45-21-28-3-1-2-4-30(28)35(37,38)39)27(20-29)16-11-23(19-24-9-14-26(15-10-24)33(42)43)6-5-22-7-12-25(13-8-22)32-40-34(44)46-41-32/h1-4,7-18,20,23H,5-6,19,21H2,(H,42,43)(H,40,41,44)/b16-11+. The minimum atomic E-state index is -4.54. The molecule has 0 bridgehead atoms. The van der Waals surface area contributed by atoms with Crippen molar-refractivity contribution in [3.8, 4) is 17.1 Å². The van der Waals surface area contributed by atoms with Gasteiger partial charge in [0.25, 0.3) is 0 Å². The Morgan fingerprint density at radius 3 is 2.37 bits per heavy atom. The fourth-order valence-corrected chi connectivity index (χ4v) is 4.99. The van der Waals surface area contributed by atoms with Crippen LogP contribution in [0.3, 0.4) is 0 Å². The minimum absolute atomic E-state index is 0.0436. The second-order valence-corrected chi connectivity index (χ2v) is 10.6. The lowest BCUT2D eigenvalue weighted by Crippen LogP contribution is -2.11. The molecule has 1 unspecified atom stereocenters. The molecular weight excluding hydrogens is 604 g/mol. The van der Waals surface area contributed by atoms with Crippen molar-refractivity contribution in [2.45, 2.75) is 32.0 Å². The van der Waals surface area contributed by atoms with Crippen LogP contribution in [-0.2, 0) is 25.6 Å². The molecule has 0 saturated heterocycles. The molecule has 0 spiro atoms. The summed E-state index contributed by atoms with van der Waals surface area (Å²) < 4.78 is 65.1. The highest BCUT2D eigenvalue weighted by molar-refractivity contribution is 5.87. The Bertz CT molecular complexity index is 1880. The third-order valence-corrected chi connectivity index (χ3v) is 7.40. The van der Waals surface area contributed by atoms with E-state index < -0.39 is 29.3 Å². The molecule has 0 amide bonds. The Morgan fingerprint density at radius 1 is 0.978 bits per heavy atom. The van der Waals surface area contributed by atoms with Crippen LogP contribution in [0.1, 0.15) is 44.6 Å². The average Bonchev–Trinajstić information content (AvgIpc) is 3.48. The summed E-state index contributed by atoms with van der Waals surface area (Å²) in [7, 11) is 0. The molecule has 0 aliphatic carbocycles. The van der Waals surface area contributed by atoms with Crippen molar-refractivity contribution in [3.05, 3.63) is 147 Å². The number of aryl methyl sites for hydroxylation is 1. The Morgan fingerprint density at radius 2 is 1.70 bits per heavy atom. The van der Waals surface area contributed by atoms with Crippen LogP contribution in [0.5, 0.6) is 5.75 Å². The molecule has 236 valence electrons. The maximum absolute atomic E-state index is 14.3. The number of hydrogen-bond acceptors (Lipinski definition) is 5. The van der Waals surface area contributed by atoms with Crippen molar-refractivity contribution in [2.24, 2.45) is 5.92 Å². The third-order valence-electron chi connectivity index (χ3n) is 7.40. The number of nitrogens with zero attached hydrogens (tertiary/aromatic N) is 1. The molecule has 0 radical (unpaired) electrons. The number of H-pyrrole nitrogens is 1. The number of aromatic amines is 1. The smallest absolute Gasteiger partial charge is 0.439 e. The summed E-state index contributed by atoms with van der Waals surface area (Å²) in [6.07, 6.45) is 0.884. The van der Waals surface area contributed by atoms with Gasteiger partial charge in [0.1, 0.15) is 18.2 Å². The third kappa shape index (κ3) is 8.38. The molecule has 7 nitrogen and oxygen atoms in total. The number of halogens is 4. The minimum Gasteiger partial charge on any atom is -0.488 e. The fourth-order valence-electron chi connectivity index (χ4n) is 4.99. The topological polar surface area (TPSA) is 105 Å². The fraction of sp³-hybridized carbons (Fsp3) is 0.171. The molecular formula is C35H28F4N2O5. The van der Waals surface area contributed by atoms with E-state index in [4.69, 9.17) is 4.74 Å². The number of carbonyl (C=O) groups is 1. The van der Waals surface area contributed by atoms with Gasteiger partial charge in [-0.1, -0.05) is 71.9 Å². The predicted octanol–water partition coefficient (Wildman–Crippen LogP) is 7.97. The van der Waals surface area contributed by atoms with Gasteiger partial charge in [0.2, 0.25) is 0 Å². The number of alkyl halides is 3. The molecule has 2 N–H and O–H groups in total. The highest BCUT2D eigenvalue weighted by Crippen LogP contribution is 2.33. The number of nitrogens with one attached hydrogen (secondary N) is 1. The summed E-state index contributed by atoms with van der Waals surface area (Å²) in [6.45, 7) is -0.361. The van der Waals surface area contributed by atoms with Gasteiger partial charge in [-0.15, -0.1) is 0 Å². The van der Waals surface area contributed by atoms with Gasteiger partial charge in [-0.05, 0) is 72.7 Å². The van der Waals surface area contributed by atoms with E-state index in [1.807, 2.05) is 30.3 Å². The average molecular weight is 633 g/mol. The van der Waals surface area contributed by atoms with Crippen LogP contribution in [0.2, 0.25) is 0 Å². The Balaban J connectivity index is 1.35. The van der Waals surface area contributed by atoms with Gasteiger partial charge in [-0.2, -0.15) is 13.2 Å². The number of hydrogen-bond donors (Lipinski definition) is 2. The summed E-state index contributed by atoms with van der Waals surface area (Å²) in [5, 5.41) is 12.9. The first-order chi connectivity index (χ1) is 22.0. The molecule has 1 atom stereocenters. The number of carboxylic acids is 1. The monoisotopic (exact) mass is 632 g/mol. The zero-order valence-electron chi connectivity index (χ0n) is 24.3. The van der Waals surface area contributed by atoms with E-state index in [1.54, 1.807) is 18.2 Å². The van der Waals surface area contributed by atoms with Gasteiger partial charge in [0, 0.05) is 16.7 Å². The highest BCUT2D eigenvalue weighted by atomic mass is 19.4. The van der Waals surface area contributed by atoms with Crippen molar-refractivity contribution >= 4 is 12.0 Å². The van der Waals surface area contributed by atoms with E-state index in [9.17, 15) is 32.3 Å². The second kappa shape index (κ2) is 14.1. The van der Waals surface area contributed by atoms with Gasteiger partial charge in [0.15, 0.2) is 5.82 Å².